The maximum absolute atomic E-state index is 8.89. The Balaban J connectivity index is 3.18. The Morgan fingerprint density at radius 1 is 1.44 bits per heavy atom. The van der Waals surface area contributed by atoms with E-state index in [1.165, 1.54) is 0 Å². The molecule has 0 spiro atoms. The molecule has 3 heteroatoms. The number of anilines is 2. The lowest BCUT2D eigenvalue weighted by atomic mass is 9.98. The van der Waals surface area contributed by atoms with E-state index < -0.39 is 0 Å². The van der Waals surface area contributed by atoms with Gasteiger partial charge in [0.25, 0.3) is 0 Å². The van der Waals surface area contributed by atoms with Crippen molar-refractivity contribution in [2.24, 2.45) is 0 Å². The smallest absolute Gasteiger partial charge is 0.0992 e. The van der Waals surface area contributed by atoms with Gasteiger partial charge in [-0.15, -0.1) is 0 Å². The third kappa shape index (κ3) is 2.27. The SMILES string of the molecule is CCC(C)(C)N(C)c1cc(C#N)ccc1N. The monoisotopic (exact) mass is 217 g/mol. The fourth-order valence-corrected chi connectivity index (χ4v) is 1.47. The number of hydrogen-bond donors (Lipinski definition) is 1. The Morgan fingerprint density at radius 2 is 2.06 bits per heavy atom. The normalized spacial score (nSPS) is 10.9. The second-order valence-electron chi connectivity index (χ2n) is 4.61. The molecule has 2 N–H and O–H groups in total. The summed E-state index contributed by atoms with van der Waals surface area (Å²) in [6.45, 7) is 6.46. The third-order valence-corrected chi connectivity index (χ3v) is 3.29. The van der Waals surface area contributed by atoms with E-state index in [0.717, 1.165) is 12.1 Å². The lowest BCUT2D eigenvalue weighted by Crippen LogP contribution is -2.40. The van der Waals surface area contributed by atoms with Crippen molar-refractivity contribution < 1.29 is 0 Å². The van der Waals surface area contributed by atoms with Crippen molar-refractivity contribution in [1.82, 2.24) is 0 Å². The lowest BCUT2D eigenvalue weighted by molar-refractivity contribution is 0.471. The number of benzene rings is 1. The highest BCUT2D eigenvalue weighted by atomic mass is 15.2. The first kappa shape index (κ1) is 12.4. The van der Waals surface area contributed by atoms with E-state index in [1.54, 1.807) is 12.1 Å². The summed E-state index contributed by atoms with van der Waals surface area (Å²) in [5.41, 5.74) is 8.25. The summed E-state index contributed by atoms with van der Waals surface area (Å²) in [5.74, 6) is 0. The maximum Gasteiger partial charge on any atom is 0.0992 e. The van der Waals surface area contributed by atoms with Gasteiger partial charge in [-0.05, 0) is 38.5 Å². The van der Waals surface area contributed by atoms with E-state index in [9.17, 15) is 0 Å². The van der Waals surface area contributed by atoms with Crippen molar-refractivity contribution in [2.75, 3.05) is 17.7 Å². The Morgan fingerprint density at radius 3 is 2.56 bits per heavy atom. The first-order valence-electron chi connectivity index (χ1n) is 5.46. The molecular weight excluding hydrogens is 198 g/mol. The molecule has 3 nitrogen and oxygen atoms in total. The van der Waals surface area contributed by atoms with E-state index >= 15 is 0 Å². The molecule has 1 aromatic carbocycles. The van der Waals surface area contributed by atoms with Gasteiger partial charge in [0.2, 0.25) is 0 Å². The van der Waals surface area contributed by atoms with Crippen molar-refractivity contribution in [2.45, 2.75) is 32.7 Å². The highest BCUT2D eigenvalue weighted by Gasteiger charge is 2.23. The minimum Gasteiger partial charge on any atom is -0.397 e. The van der Waals surface area contributed by atoms with Crippen LogP contribution in [-0.2, 0) is 0 Å². The minimum atomic E-state index is 0.0300. The highest BCUT2D eigenvalue weighted by molar-refractivity contribution is 5.70. The van der Waals surface area contributed by atoms with Gasteiger partial charge < -0.3 is 10.6 Å². The van der Waals surface area contributed by atoms with Gasteiger partial charge in [-0.2, -0.15) is 5.26 Å². The lowest BCUT2D eigenvalue weighted by Gasteiger charge is -2.37. The fraction of sp³-hybridized carbons (Fsp3) is 0.462. The quantitative estimate of drug-likeness (QED) is 0.792. The zero-order valence-corrected chi connectivity index (χ0v) is 10.4. The number of nitriles is 1. The zero-order chi connectivity index (χ0) is 12.3. The van der Waals surface area contributed by atoms with Crippen molar-refractivity contribution in [1.29, 1.82) is 5.26 Å². The molecule has 0 unspecified atom stereocenters. The van der Waals surface area contributed by atoms with Gasteiger partial charge in [0.15, 0.2) is 0 Å². The number of nitrogens with two attached hydrogens (primary N) is 1. The van der Waals surface area contributed by atoms with Gasteiger partial charge in [-0.3, -0.25) is 0 Å². The van der Waals surface area contributed by atoms with Crippen LogP contribution in [0.1, 0.15) is 32.8 Å². The van der Waals surface area contributed by atoms with Crippen LogP contribution in [0.3, 0.4) is 0 Å². The number of rotatable bonds is 3. The molecule has 0 fully saturated rings. The molecule has 0 bridgehead atoms. The Kier molecular flexibility index (Phi) is 3.44. The van der Waals surface area contributed by atoms with Crippen molar-refractivity contribution in [3.05, 3.63) is 23.8 Å². The van der Waals surface area contributed by atoms with Gasteiger partial charge in [0.05, 0.1) is 23.0 Å². The molecular formula is C13H19N3. The average Bonchev–Trinajstić information content (AvgIpc) is 2.29. The molecule has 0 aliphatic rings. The van der Waals surface area contributed by atoms with Crippen LogP contribution in [0, 0.1) is 11.3 Å². The van der Waals surface area contributed by atoms with Crippen molar-refractivity contribution >= 4 is 11.4 Å². The van der Waals surface area contributed by atoms with Gasteiger partial charge in [0.1, 0.15) is 0 Å². The van der Waals surface area contributed by atoms with Gasteiger partial charge in [0, 0.05) is 12.6 Å². The van der Waals surface area contributed by atoms with Crippen LogP contribution in [0.4, 0.5) is 11.4 Å². The van der Waals surface area contributed by atoms with Gasteiger partial charge in [-0.25, -0.2) is 0 Å². The molecule has 0 atom stereocenters. The van der Waals surface area contributed by atoms with Crippen molar-refractivity contribution in [3.8, 4) is 6.07 Å². The summed E-state index contributed by atoms with van der Waals surface area (Å²) < 4.78 is 0. The Labute approximate surface area is 97.5 Å². The van der Waals surface area contributed by atoms with Crippen LogP contribution in [0.25, 0.3) is 0 Å². The Bertz CT molecular complexity index is 416. The molecule has 0 radical (unpaired) electrons. The zero-order valence-electron chi connectivity index (χ0n) is 10.4. The predicted molar refractivity (Wildman–Crippen MR) is 68.3 cm³/mol. The van der Waals surface area contributed by atoms with E-state index in [1.807, 2.05) is 13.1 Å². The van der Waals surface area contributed by atoms with E-state index in [4.69, 9.17) is 11.0 Å². The first-order valence-corrected chi connectivity index (χ1v) is 5.46. The summed E-state index contributed by atoms with van der Waals surface area (Å²) in [5, 5.41) is 8.89. The fourth-order valence-electron chi connectivity index (χ4n) is 1.47. The summed E-state index contributed by atoms with van der Waals surface area (Å²) in [6.07, 6.45) is 1.01. The van der Waals surface area contributed by atoms with Crippen LogP contribution < -0.4 is 10.6 Å². The van der Waals surface area contributed by atoms with Crippen LogP contribution in [0.5, 0.6) is 0 Å². The summed E-state index contributed by atoms with van der Waals surface area (Å²) in [7, 11) is 2.01. The van der Waals surface area contributed by atoms with Crippen LogP contribution in [0.15, 0.2) is 18.2 Å². The standard InChI is InChI=1S/C13H19N3/c1-5-13(2,3)16(4)12-8-10(9-14)6-7-11(12)15/h6-8H,5,15H2,1-4H3. The van der Waals surface area contributed by atoms with Gasteiger partial charge in [-0.1, -0.05) is 6.92 Å². The molecule has 1 rings (SSSR count). The molecule has 0 aliphatic heterocycles. The summed E-state index contributed by atoms with van der Waals surface area (Å²) in [4.78, 5) is 2.13. The molecule has 1 aromatic rings. The highest BCUT2D eigenvalue weighted by Crippen LogP contribution is 2.30. The second kappa shape index (κ2) is 4.44. The van der Waals surface area contributed by atoms with Crippen LogP contribution >= 0.6 is 0 Å². The summed E-state index contributed by atoms with van der Waals surface area (Å²) >= 11 is 0. The van der Waals surface area contributed by atoms with E-state index in [0.29, 0.717) is 11.3 Å². The Hall–Kier alpha value is -1.69. The third-order valence-electron chi connectivity index (χ3n) is 3.29. The predicted octanol–water partition coefficient (Wildman–Crippen LogP) is 2.77. The number of hydrogen-bond acceptors (Lipinski definition) is 3. The largest absolute Gasteiger partial charge is 0.397 e. The molecule has 0 aromatic heterocycles. The van der Waals surface area contributed by atoms with Crippen LogP contribution in [-0.4, -0.2) is 12.6 Å². The molecule has 0 heterocycles. The molecule has 86 valence electrons. The maximum atomic E-state index is 8.89. The van der Waals surface area contributed by atoms with E-state index in [2.05, 4.69) is 31.7 Å². The molecule has 0 amide bonds. The topological polar surface area (TPSA) is 53.0 Å². The van der Waals surface area contributed by atoms with Crippen molar-refractivity contribution in [3.63, 3.8) is 0 Å². The molecule has 0 saturated heterocycles. The molecule has 0 aliphatic carbocycles. The average molecular weight is 217 g/mol. The van der Waals surface area contributed by atoms with Gasteiger partial charge >= 0.3 is 0 Å². The number of nitrogens with zero attached hydrogens (tertiary/aromatic N) is 2. The molecule has 16 heavy (non-hydrogen) atoms. The summed E-state index contributed by atoms with van der Waals surface area (Å²) in [6, 6.07) is 7.51. The number of nitrogen functional groups attached to an aromatic ring is 1. The first-order chi connectivity index (χ1) is 7.42. The van der Waals surface area contributed by atoms with Crippen LogP contribution in [0.2, 0.25) is 0 Å². The second-order valence-corrected chi connectivity index (χ2v) is 4.61. The molecule has 0 saturated carbocycles. The minimum absolute atomic E-state index is 0.0300. The van der Waals surface area contributed by atoms with E-state index in [-0.39, 0.29) is 5.54 Å².